The maximum absolute atomic E-state index is 5.33. The average molecular weight is 242 g/mol. The van der Waals surface area contributed by atoms with Gasteiger partial charge < -0.3 is 4.57 Å². The number of anilines is 1. The molecule has 18 heavy (non-hydrogen) atoms. The molecule has 0 aliphatic carbocycles. The zero-order chi connectivity index (χ0) is 12.7. The first-order valence-electron chi connectivity index (χ1n) is 5.84. The first-order chi connectivity index (χ1) is 8.74. The molecule has 0 saturated heterocycles. The summed E-state index contributed by atoms with van der Waals surface area (Å²) < 4.78 is 2.11. The number of hydrogen-bond acceptors (Lipinski definition) is 5. The van der Waals surface area contributed by atoms with Crippen LogP contribution in [-0.2, 0) is 6.54 Å². The van der Waals surface area contributed by atoms with Crippen molar-refractivity contribution in [3.8, 4) is 0 Å². The van der Waals surface area contributed by atoms with E-state index >= 15 is 0 Å². The largest absolute Gasteiger partial charge is 0.324 e. The van der Waals surface area contributed by atoms with Gasteiger partial charge in [0.25, 0.3) is 5.95 Å². The van der Waals surface area contributed by atoms with Gasteiger partial charge in [-0.15, -0.1) is 10.2 Å². The molecule has 0 saturated carbocycles. The molecule has 3 N–H and O–H groups in total. The molecular formula is C12H14N6. The Balaban J connectivity index is 2.48. The van der Waals surface area contributed by atoms with Gasteiger partial charge in [-0.1, -0.05) is 11.6 Å². The van der Waals surface area contributed by atoms with E-state index in [9.17, 15) is 0 Å². The van der Waals surface area contributed by atoms with Gasteiger partial charge in [-0.05, 0) is 26.0 Å². The van der Waals surface area contributed by atoms with Crippen LogP contribution in [-0.4, -0.2) is 19.7 Å². The Hall–Kier alpha value is -2.21. The molecule has 92 valence electrons. The molecule has 0 bridgehead atoms. The summed E-state index contributed by atoms with van der Waals surface area (Å²) >= 11 is 0. The van der Waals surface area contributed by atoms with E-state index in [0.717, 1.165) is 28.6 Å². The minimum atomic E-state index is 0.330. The van der Waals surface area contributed by atoms with Crippen LogP contribution in [0.3, 0.4) is 0 Å². The number of nitrogen functional groups attached to an aromatic ring is 1. The summed E-state index contributed by atoms with van der Waals surface area (Å²) in [6, 6.07) is 6.28. The molecule has 0 unspecified atom stereocenters. The fraction of sp³-hybridized carbons (Fsp3) is 0.250. The first-order valence-corrected chi connectivity index (χ1v) is 5.84. The Morgan fingerprint density at radius 3 is 2.89 bits per heavy atom. The summed E-state index contributed by atoms with van der Waals surface area (Å²) in [5.41, 5.74) is 6.36. The molecule has 6 heteroatoms. The number of benzene rings is 1. The minimum Gasteiger partial charge on any atom is -0.324 e. The van der Waals surface area contributed by atoms with E-state index in [2.05, 4.69) is 57.2 Å². The van der Waals surface area contributed by atoms with Crippen LogP contribution in [0.15, 0.2) is 18.2 Å². The Labute approximate surface area is 104 Å². The molecule has 0 radical (unpaired) electrons. The minimum absolute atomic E-state index is 0.330. The highest BCUT2D eigenvalue weighted by Crippen LogP contribution is 2.27. The standard InChI is InChI=1S/C12H14N6/c1-3-18-9-5-4-7(2)6-8(9)10-11(18)14-12(15-13)17-16-10/h4-6H,3,13H2,1-2H3,(H,14,15,17). The van der Waals surface area contributed by atoms with Gasteiger partial charge >= 0.3 is 0 Å². The normalized spacial score (nSPS) is 11.3. The van der Waals surface area contributed by atoms with Crippen molar-refractivity contribution < 1.29 is 0 Å². The number of fused-ring (bicyclic) bond motifs is 3. The Morgan fingerprint density at radius 2 is 2.17 bits per heavy atom. The predicted molar refractivity (Wildman–Crippen MR) is 71.1 cm³/mol. The zero-order valence-corrected chi connectivity index (χ0v) is 10.3. The van der Waals surface area contributed by atoms with E-state index in [-0.39, 0.29) is 0 Å². The summed E-state index contributed by atoms with van der Waals surface area (Å²) in [5, 5.41) is 9.24. The van der Waals surface area contributed by atoms with Crippen LogP contribution in [0.5, 0.6) is 0 Å². The number of rotatable bonds is 2. The lowest BCUT2D eigenvalue weighted by Gasteiger charge is -2.02. The lowest BCUT2D eigenvalue weighted by molar-refractivity contribution is 0.811. The summed E-state index contributed by atoms with van der Waals surface area (Å²) in [6.07, 6.45) is 0. The number of hydrogen-bond donors (Lipinski definition) is 2. The Kier molecular flexibility index (Phi) is 2.38. The second-order valence-electron chi connectivity index (χ2n) is 4.22. The highest BCUT2D eigenvalue weighted by atomic mass is 15.4. The lowest BCUT2D eigenvalue weighted by Crippen LogP contribution is -2.11. The highest BCUT2D eigenvalue weighted by Gasteiger charge is 2.13. The van der Waals surface area contributed by atoms with Crippen molar-refractivity contribution in [2.24, 2.45) is 5.84 Å². The smallest absolute Gasteiger partial charge is 0.258 e. The molecule has 6 nitrogen and oxygen atoms in total. The number of nitrogens with two attached hydrogens (primary N) is 1. The van der Waals surface area contributed by atoms with Crippen LogP contribution in [0.4, 0.5) is 5.95 Å². The van der Waals surface area contributed by atoms with E-state index in [1.54, 1.807) is 0 Å². The van der Waals surface area contributed by atoms with Crippen molar-refractivity contribution >= 4 is 28.0 Å². The Morgan fingerprint density at radius 1 is 1.33 bits per heavy atom. The lowest BCUT2D eigenvalue weighted by atomic mass is 10.2. The number of nitrogens with zero attached hydrogens (tertiary/aromatic N) is 4. The maximum Gasteiger partial charge on any atom is 0.258 e. The molecule has 0 spiro atoms. The highest BCUT2D eigenvalue weighted by molar-refractivity contribution is 6.04. The first kappa shape index (κ1) is 10.9. The fourth-order valence-corrected chi connectivity index (χ4v) is 2.25. The van der Waals surface area contributed by atoms with Crippen molar-refractivity contribution in [3.05, 3.63) is 23.8 Å². The molecule has 3 rings (SSSR count). The zero-order valence-electron chi connectivity index (χ0n) is 10.3. The predicted octanol–water partition coefficient (Wildman–Crippen LogP) is 1.59. The van der Waals surface area contributed by atoms with Crippen LogP contribution in [0.2, 0.25) is 0 Å². The van der Waals surface area contributed by atoms with Gasteiger partial charge in [0.15, 0.2) is 5.65 Å². The second kappa shape index (κ2) is 3.92. The van der Waals surface area contributed by atoms with Crippen LogP contribution < -0.4 is 11.3 Å². The van der Waals surface area contributed by atoms with Gasteiger partial charge in [-0.25, -0.2) is 5.84 Å². The number of aryl methyl sites for hydroxylation is 2. The number of hydrazine groups is 1. The van der Waals surface area contributed by atoms with Gasteiger partial charge in [0.2, 0.25) is 0 Å². The summed E-state index contributed by atoms with van der Waals surface area (Å²) in [5.74, 6) is 5.66. The SMILES string of the molecule is CCn1c2ccc(C)cc2c2nnc(NN)nc21. The maximum atomic E-state index is 5.33. The molecule has 1 aromatic carbocycles. The monoisotopic (exact) mass is 242 g/mol. The van der Waals surface area contributed by atoms with Crippen molar-refractivity contribution in [2.75, 3.05) is 5.43 Å². The van der Waals surface area contributed by atoms with Crippen LogP contribution in [0.1, 0.15) is 12.5 Å². The third-order valence-corrected chi connectivity index (χ3v) is 3.07. The molecule has 2 heterocycles. The fourth-order valence-electron chi connectivity index (χ4n) is 2.25. The van der Waals surface area contributed by atoms with Gasteiger partial charge in [0.05, 0.1) is 5.52 Å². The van der Waals surface area contributed by atoms with Gasteiger partial charge in [-0.3, -0.25) is 5.43 Å². The van der Waals surface area contributed by atoms with Crippen LogP contribution >= 0.6 is 0 Å². The average Bonchev–Trinajstić information content (AvgIpc) is 2.70. The quantitative estimate of drug-likeness (QED) is 0.527. The summed E-state index contributed by atoms with van der Waals surface area (Å²) in [7, 11) is 0. The molecule has 2 aromatic heterocycles. The topological polar surface area (TPSA) is 81.7 Å². The third kappa shape index (κ3) is 1.42. The Bertz CT molecular complexity index is 730. The van der Waals surface area contributed by atoms with E-state index in [1.807, 2.05) is 0 Å². The molecule has 3 aromatic rings. The third-order valence-electron chi connectivity index (χ3n) is 3.07. The van der Waals surface area contributed by atoms with Gasteiger partial charge in [0, 0.05) is 11.9 Å². The van der Waals surface area contributed by atoms with Crippen molar-refractivity contribution in [2.45, 2.75) is 20.4 Å². The van der Waals surface area contributed by atoms with Gasteiger partial charge in [0.1, 0.15) is 5.52 Å². The number of nitrogens with one attached hydrogen (secondary N) is 1. The summed E-state index contributed by atoms with van der Waals surface area (Å²) in [4.78, 5) is 4.38. The second-order valence-corrected chi connectivity index (χ2v) is 4.22. The van der Waals surface area contributed by atoms with Crippen molar-refractivity contribution in [1.29, 1.82) is 0 Å². The van der Waals surface area contributed by atoms with Crippen molar-refractivity contribution in [1.82, 2.24) is 19.7 Å². The molecule has 0 aliphatic rings. The molecule has 0 fully saturated rings. The van der Waals surface area contributed by atoms with E-state index in [4.69, 9.17) is 5.84 Å². The van der Waals surface area contributed by atoms with E-state index in [0.29, 0.717) is 5.95 Å². The van der Waals surface area contributed by atoms with E-state index in [1.165, 1.54) is 5.56 Å². The van der Waals surface area contributed by atoms with E-state index < -0.39 is 0 Å². The van der Waals surface area contributed by atoms with Crippen molar-refractivity contribution in [3.63, 3.8) is 0 Å². The molecular weight excluding hydrogens is 228 g/mol. The van der Waals surface area contributed by atoms with Gasteiger partial charge in [-0.2, -0.15) is 4.98 Å². The molecule has 0 amide bonds. The van der Waals surface area contributed by atoms with Crippen LogP contribution in [0, 0.1) is 6.92 Å². The van der Waals surface area contributed by atoms with Crippen LogP contribution in [0.25, 0.3) is 22.1 Å². The molecule has 0 atom stereocenters. The molecule has 0 aliphatic heterocycles. The number of aromatic nitrogens is 4. The summed E-state index contributed by atoms with van der Waals surface area (Å²) in [6.45, 7) is 4.97.